The largest absolute Gasteiger partial charge is 0.360 e. The number of nitrogens with one attached hydrogen (secondary N) is 3. The minimum Gasteiger partial charge on any atom is -0.360 e. The molecule has 1 aromatic heterocycles. The van der Waals surface area contributed by atoms with Gasteiger partial charge in [0.1, 0.15) is 0 Å². The Balaban J connectivity index is 1.78. The van der Waals surface area contributed by atoms with Crippen LogP contribution in [0.3, 0.4) is 0 Å². The number of amides is 1. The Kier molecular flexibility index (Phi) is 5.98. The average Bonchev–Trinajstić information content (AvgIpc) is 2.74. The lowest BCUT2D eigenvalue weighted by molar-refractivity contribution is -0.115. The first-order valence-electron chi connectivity index (χ1n) is 8.23. The smallest absolute Gasteiger partial charge is 0.243 e. The lowest BCUT2D eigenvalue weighted by Gasteiger charge is -2.30. The molecular weight excluding hydrogens is 310 g/mol. The molecule has 1 aliphatic carbocycles. The number of nitrogens with zero attached hydrogens (tertiary/aromatic N) is 2. The van der Waals surface area contributed by atoms with Gasteiger partial charge in [0.25, 0.3) is 0 Å². The Morgan fingerprint density at radius 2 is 2.04 bits per heavy atom. The van der Waals surface area contributed by atoms with Crippen molar-refractivity contribution >= 4 is 28.9 Å². The summed E-state index contributed by atoms with van der Waals surface area (Å²) in [6, 6.07) is 0.412. The van der Waals surface area contributed by atoms with E-state index in [0.29, 0.717) is 17.1 Å². The van der Waals surface area contributed by atoms with E-state index < -0.39 is 0 Å². The summed E-state index contributed by atoms with van der Waals surface area (Å²) in [5, 5.41) is 14.1. The Morgan fingerprint density at radius 1 is 1.35 bits per heavy atom. The number of aromatic nitrogens is 2. The van der Waals surface area contributed by atoms with E-state index >= 15 is 0 Å². The highest BCUT2D eigenvalue weighted by Gasteiger charge is 2.21. The molecule has 23 heavy (non-hydrogen) atoms. The molecule has 1 aromatic rings. The van der Waals surface area contributed by atoms with E-state index in [1.165, 1.54) is 19.3 Å². The number of hydrogen-bond acceptors (Lipinski definition) is 3. The monoisotopic (exact) mass is 337 g/mol. The molecule has 6 nitrogen and oxygen atoms in total. The van der Waals surface area contributed by atoms with Crippen molar-refractivity contribution in [2.75, 3.05) is 11.9 Å². The first-order valence-corrected chi connectivity index (χ1v) is 8.63. The molecule has 128 valence electrons. The van der Waals surface area contributed by atoms with E-state index in [2.05, 4.69) is 28.0 Å². The quantitative estimate of drug-likeness (QED) is 0.733. The van der Waals surface area contributed by atoms with Crippen LogP contribution < -0.4 is 16.0 Å². The topological polar surface area (TPSA) is 71.0 Å². The Morgan fingerprint density at radius 3 is 2.65 bits per heavy atom. The van der Waals surface area contributed by atoms with Crippen LogP contribution in [0, 0.1) is 19.8 Å². The number of aryl methyl sites for hydroxylation is 2. The molecule has 3 N–H and O–H groups in total. The number of thiocarbonyl (C=S) groups is 1. The third kappa shape index (κ3) is 4.67. The maximum Gasteiger partial charge on any atom is 0.243 e. The summed E-state index contributed by atoms with van der Waals surface area (Å²) in [6.45, 7) is 6.22. The molecule has 1 amide bonds. The first kappa shape index (κ1) is 17.7. The third-order valence-electron chi connectivity index (χ3n) is 4.61. The van der Waals surface area contributed by atoms with Crippen LogP contribution >= 0.6 is 12.2 Å². The summed E-state index contributed by atoms with van der Waals surface area (Å²) in [6.07, 6.45) is 4.92. The summed E-state index contributed by atoms with van der Waals surface area (Å²) >= 11 is 5.31. The van der Waals surface area contributed by atoms with E-state index in [4.69, 9.17) is 12.2 Å². The van der Waals surface area contributed by atoms with Gasteiger partial charge in [-0.25, -0.2) is 0 Å². The second-order valence-electron chi connectivity index (χ2n) is 6.41. The molecule has 0 unspecified atom stereocenters. The number of hydrogen-bond donors (Lipinski definition) is 3. The van der Waals surface area contributed by atoms with Gasteiger partial charge in [0.15, 0.2) is 5.11 Å². The van der Waals surface area contributed by atoms with Gasteiger partial charge in [-0.15, -0.1) is 0 Å². The zero-order chi connectivity index (χ0) is 17.0. The Bertz CT molecular complexity index is 583. The fraction of sp³-hybridized carbons (Fsp3) is 0.688. The molecule has 2 rings (SSSR count). The lowest BCUT2D eigenvalue weighted by Crippen LogP contribution is -2.47. The maximum absolute atomic E-state index is 12.1. The fourth-order valence-corrected chi connectivity index (χ4v) is 3.27. The normalized spacial score (nSPS) is 20.9. The van der Waals surface area contributed by atoms with E-state index in [0.717, 1.165) is 23.5 Å². The molecular formula is C16H27N5OS. The van der Waals surface area contributed by atoms with Gasteiger partial charge in [-0.2, -0.15) is 5.10 Å². The van der Waals surface area contributed by atoms with Crippen LogP contribution in [0.4, 0.5) is 5.69 Å². The molecule has 0 bridgehead atoms. The first-order chi connectivity index (χ1) is 10.9. The molecule has 0 saturated heterocycles. The summed E-state index contributed by atoms with van der Waals surface area (Å²) in [5.74, 6) is 0.503. The van der Waals surface area contributed by atoms with Crippen LogP contribution in [0.2, 0.25) is 0 Å². The van der Waals surface area contributed by atoms with Gasteiger partial charge >= 0.3 is 0 Å². The highest BCUT2D eigenvalue weighted by Crippen LogP contribution is 2.23. The molecule has 1 saturated carbocycles. The summed E-state index contributed by atoms with van der Waals surface area (Å²) in [5.41, 5.74) is 2.53. The summed E-state index contributed by atoms with van der Waals surface area (Å²) < 4.78 is 1.76. The lowest BCUT2D eigenvalue weighted by atomic mass is 9.86. The highest BCUT2D eigenvalue weighted by atomic mass is 32.1. The second kappa shape index (κ2) is 7.77. The van der Waals surface area contributed by atoms with Crippen LogP contribution in [0.5, 0.6) is 0 Å². The van der Waals surface area contributed by atoms with E-state index in [1.54, 1.807) is 4.68 Å². The van der Waals surface area contributed by atoms with Gasteiger partial charge in [-0.05, 0) is 44.8 Å². The van der Waals surface area contributed by atoms with Gasteiger partial charge in [0.2, 0.25) is 5.91 Å². The van der Waals surface area contributed by atoms with Crippen molar-refractivity contribution in [3.63, 3.8) is 0 Å². The van der Waals surface area contributed by atoms with Crippen LogP contribution in [-0.2, 0) is 11.8 Å². The molecule has 0 aliphatic heterocycles. The predicted molar refractivity (Wildman–Crippen MR) is 96.5 cm³/mol. The highest BCUT2D eigenvalue weighted by molar-refractivity contribution is 7.80. The third-order valence-corrected chi connectivity index (χ3v) is 4.87. The van der Waals surface area contributed by atoms with Crippen molar-refractivity contribution in [2.24, 2.45) is 13.0 Å². The Labute approximate surface area is 143 Å². The summed E-state index contributed by atoms with van der Waals surface area (Å²) in [7, 11) is 1.86. The zero-order valence-electron chi connectivity index (χ0n) is 14.4. The van der Waals surface area contributed by atoms with Gasteiger partial charge in [0.05, 0.1) is 23.6 Å². The minimum atomic E-state index is -0.120. The average molecular weight is 337 g/mol. The predicted octanol–water partition coefficient (Wildman–Crippen LogP) is 2.02. The summed E-state index contributed by atoms with van der Waals surface area (Å²) in [4.78, 5) is 12.1. The second-order valence-corrected chi connectivity index (χ2v) is 6.82. The Hall–Kier alpha value is -1.63. The van der Waals surface area contributed by atoms with Crippen molar-refractivity contribution in [1.82, 2.24) is 20.4 Å². The van der Waals surface area contributed by atoms with Crippen molar-refractivity contribution in [2.45, 2.75) is 52.5 Å². The molecule has 2 atom stereocenters. The number of carbonyl (C=O) groups excluding carboxylic acids is 1. The van der Waals surface area contributed by atoms with Gasteiger partial charge in [-0.3, -0.25) is 9.48 Å². The van der Waals surface area contributed by atoms with Gasteiger partial charge in [-0.1, -0.05) is 19.8 Å². The van der Waals surface area contributed by atoms with E-state index in [9.17, 15) is 4.79 Å². The zero-order valence-corrected chi connectivity index (χ0v) is 15.2. The number of carbonyl (C=O) groups is 1. The van der Waals surface area contributed by atoms with Gasteiger partial charge < -0.3 is 16.0 Å². The molecule has 0 spiro atoms. The molecule has 7 heteroatoms. The van der Waals surface area contributed by atoms with Crippen LogP contribution in [0.25, 0.3) is 0 Å². The van der Waals surface area contributed by atoms with E-state index in [1.807, 2.05) is 20.9 Å². The van der Waals surface area contributed by atoms with Gasteiger partial charge in [0, 0.05) is 13.1 Å². The standard InChI is InChI=1S/C16H27N5OS/c1-10-7-5-6-8-13(10)18-16(23)17-9-14(22)19-15-11(2)20-21(4)12(15)3/h10,13H,5-9H2,1-4H3,(H,19,22)(H2,17,18,23)/t10-,13+/m1/s1. The minimum absolute atomic E-state index is 0.120. The van der Waals surface area contributed by atoms with Crippen LogP contribution in [0.15, 0.2) is 0 Å². The van der Waals surface area contributed by atoms with Crippen LogP contribution in [0.1, 0.15) is 44.0 Å². The molecule has 1 fully saturated rings. The molecule has 1 heterocycles. The van der Waals surface area contributed by atoms with Crippen LogP contribution in [-0.4, -0.2) is 33.4 Å². The number of rotatable bonds is 4. The molecule has 0 aromatic carbocycles. The SMILES string of the molecule is Cc1nn(C)c(C)c1NC(=O)CNC(=S)N[C@H]1CCCC[C@H]1C. The van der Waals surface area contributed by atoms with Crippen molar-refractivity contribution in [1.29, 1.82) is 0 Å². The van der Waals surface area contributed by atoms with Crippen molar-refractivity contribution in [3.05, 3.63) is 11.4 Å². The fourth-order valence-electron chi connectivity index (χ4n) is 3.05. The molecule has 0 radical (unpaired) electrons. The van der Waals surface area contributed by atoms with Crippen molar-refractivity contribution in [3.8, 4) is 0 Å². The molecule has 1 aliphatic rings. The van der Waals surface area contributed by atoms with Crippen molar-refractivity contribution < 1.29 is 4.79 Å². The van der Waals surface area contributed by atoms with E-state index in [-0.39, 0.29) is 12.5 Å². The number of anilines is 1. The maximum atomic E-state index is 12.1.